The van der Waals surface area contributed by atoms with Crippen molar-refractivity contribution in [3.63, 3.8) is 0 Å². The van der Waals surface area contributed by atoms with E-state index in [0.717, 1.165) is 0 Å². The van der Waals surface area contributed by atoms with Crippen LogP contribution in [0.5, 0.6) is 5.75 Å². The molecule has 0 radical (unpaired) electrons. The Morgan fingerprint density at radius 2 is 2.26 bits per heavy atom. The number of hydrogen-bond donors (Lipinski definition) is 1. The predicted octanol–water partition coefficient (Wildman–Crippen LogP) is 1.49. The molecule has 2 aromatic rings. The minimum absolute atomic E-state index is 0.00142. The lowest BCUT2D eigenvalue weighted by Gasteiger charge is -2.04. The first-order chi connectivity index (χ1) is 9.02. The summed E-state index contributed by atoms with van der Waals surface area (Å²) in [6, 6.07) is 4.23. The Balaban J connectivity index is 2.47. The van der Waals surface area contributed by atoms with Gasteiger partial charge in [-0.25, -0.2) is 9.48 Å². The minimum atomic E-state index is -1.12. The van der Waals surface area contributed by atoms with Gasteiger partial charge in [-0.2, -0.15) is 5.10 Å². The second kappa shape index (κ2) is 4.77. The van der Waals surface area contributed by atoms with Gasteiger partial charge in [0.05, 0.1) is 29.5 Å². The lowest BCUT2D eigenvalue weighted by atomic mass is 10.2. The largest absolute Gasteiger partial charge is 0.490 e. The number of hydrogen-bond acceptors (Lipinski definition) is 5. The Hall–Kier alpha value is -2.90. The topological polar surface area (TPSA) is 107 Å². The molecule has 8 heteroatoms. The van der Waals surface area contributed by atoms with Crippen molar-refractivity contribution >= 4 is 11.7 Å². The molecule has 98 valence electrons. The lowest BCUT2D eigenvalue weighted by molar-refractivity contribution is -0.385. The van der Waals surface area contributed by atoms with E-state index in [0.29, 0.717) is 5.69 Å². The molecular formula is C11H9N3O5. The van der Waals surface area contributed by atoms with E-state index in [1.54, 1.807) is 6.07 Å². The van der Waals surface area contributed by atoms with Crippen LogP contribution in [0.15, 0.2) is 30.6 Å². The van der Waals surface area contributed by atoms with E-state index in [1.807, 2.05) is 0 Å². The molecule has 0 unspecified atom stereocenters. The number of carboxylic acid groups (broad SMARTS) is 1. The smallest absolute Gasteiger partial charge is 0.338 e. The molecular weight excluding hydrogens is 254 g/mol. The average Bonchev–Trinajstić information content (AvgIpc) is 2.87. The molecule has 1 heterocycles. The van der Waals surface area contributed by atoms with Gasteiger partial charge in [0.2, 0.25) is 0 Å². The van der Waals surface area contributed by atoms with Gasteiger partial charge in [0.25, 0.3) is 0 Å². The van der Waals surface area contributed by atoms with E-state index >= 15 is 0 Å². The molecule has 1 N–H and O–H groups in total. The van der Waals surface area contributed by atoms with Crippen molar-refractivity contribution in [3.05, 3.63) is 46.3 Å². The fourth-order valence-corrected chi connectivity index (χ4v) is 1.54. The van der Waals surface area contributed by atoms with Crippen LogP contribution in [0.1, 0.15) is 10.4 Å². The standard InChI is InChI=1S/C11H9N3O5/c1-19-10-3-2-8(4-9(10)14(17)18)13-6-7(5-12-13)11(15)16/h2-6H,1H3,(H,15,16). The first kappa shape index (κ1) is 12.6. The first-order valence-electron chi connectivity index (χ1n) is 5.13. The number of nitro groups is 1. The summed E-state index contributed by atoms with van der Waals surface area (Å²) < 4.78 is 6.12. The summed E-state index contributed by atoms with van der Waals surface area (Å²) in [5.74, 6) is -0.992. The van der Waals surface area contributed by atoms with Crippen molar-refractivity contribution in [2.24, 2.45) is 0 Å². The molecule has 0 atom stereocenters. The highest BCUT2D eigenvalue weighted by Crippen LogP contribution is 2.28. The summed E-state index contributed by atoms with van der Waals surface area (Å²) in [6.07, 6.45) is 2.44. The Morgan fingerprint density at radius 3 is 2.79 bits per heavy atom. The van der Waals surface area contributed by atoms with Gasteiger partial charge >= 0.3 is 11.7 Å². The third-order valence-electron chi connectivity index (χ3n) is 2.45. The van der Waals surface area contributed by atoms with Crippen LogP contribution in [0.3, 0.4) is 0 Å². The van der Waals surface area contributed by atoms with Crippen molar-refractivity contribution in [3.8, 4) is 11.4 Å². The van der Waals surface area contributed by atoms with Crippen LogP contribution >= 0.6 is 0 Å². The Labute approximate surface area is 107 Å². The SMILES string of the molecule is COc1ccc(-n2cc(C(=O)O)cn2)cc1[N+](=O)[O-]. The molecule has 0 saturated carbocycles. The second-order valence-corrected chi connectivity index (χ2v) is 3.59. The average molecular weight is 263 g/mol. The molecule has 2 rings (SSSR count). The molecule has 0 spiro atoms. The zero-order valence-electron chi connectivity index (χ0n) is 9.81. The Bertz CT molecular complexity index is 650. The number of carbonyl (C=O) groups is 1. The van der Waals surface area contributed by atoms with Gasteiger partial charge in [-0.15, -0.1) is 0 Å². The van der Waals surface area contributed by atoms with Gasteiger partial charge in [0.1, 0.15) is 0 Å². The minimum Gasteiger partial charge on any atom is -0.490 e. The van der Waals surface area contributed by atoms with Crippen LogP contribution in [0.4, 0.5) is 5.69 Å². The molecule has 1 aromatic carbocycles. The van der Waals surface area contributed by atoms with Crippen LogP contribution in [0, 0.1) is 10.1 Å². The quantitative estimate of drug-likeness (QED) is 0.661. The lowest BCUT2D eigenvalue weighted by Crippen LogP contribution is -1.99. The molecule has 0 bridgehead atoms. The first-order valence-corrected chi connectivity index (χ1v) is 5.13. The zero-order chi connectivity index (χ0) is 14.0. The monoisotopic (exact) mass is 263 g/mol. The number of nitro benzene ring substituents is 1. The second-order valence-electron chi connectivity index (χ2n) is 3.59. The molecule has 8 nitrogen and oxygen atoms in total. The molecule has 0 aliphatic heterocycles. The summed E-state index contributed by atoms with van der Waals surface area (Å²) in [5, 5.41) is 23.5. The van der Waals surface area contributed by atoms with Gasteiger partial charge in [-0.05, 0) is 12.1 Å². The molecule has 1 aromatic heterocycles. The highest BCUT2D eigenvalue weighted by molar-refractivity contribution is 5.87. The number of carboxylic acids is 1. The number of aromatic nitrogens is 2. The number of rotatable bonds is 4. The van der Waals surface area contributed by atoms with E-state index < -0.39 is 10.9 Å². The predicted molar refractivity (Wildman–Crippen MR) is 63.7 cm³/mol. The summed E-state index contributed by atoms with van der Waals surface area (Å²) >= 11 is 0. The van der Waals surface area contributed by atoms with Gasteiger partial charge in [0.15, 0.2) is 5.75 Å². The Kier molecular flexibility index (Phi) is 3.15. The third-order valence-corrected chi connectivity index (χ3v) is 2.45. The zero-order valence-corrected chi connectivity index (χ0v) is 9.81. The van der Waals surface area contributed by atoms with Crippen LogP contribution in [0.2, 0.25) is 0 Å². The molecule has 0 aliphatic carbocycles. The van der Waals surface area contributed by atoms with Gasteiger partial charge in [0, 0.05) is 12.3 Å². The Morgan fingerprint density at radius 1 is 1.53 bits per heavy atom. The van der Waals surface area contributed by atoms with Crippen molar-refractivity contribution in [1.29, 1.82) is 0 Å². The highest BCUT2D eigenvalue weighted by Gasteiger charge is 2.16. The summed E-state index contributed by atoms with van der Waals surface area (Å²) in [7, 11) is 1.33. The van der Waals surface area contributed by atoms with E-state index in [-0.39, 0.29) is 17.0 Å². The molecule has 0 aliphatic rings. The number of ether oxygens (including phenoxy) is 1. The van der Waals surface area contributed by atoms with Crippen molar-refractivity contribution in [2.75, 3.05) is 7.11 Å². The maximum Gasteiger partial charge on any atom is 0.338 e. The number of benzene rings is 1. The molecule has 0 amide bonds. The summed E-state index contributed by atoms with van der Waals surface area (Å²) in [5.41, 5.74) is 0.158. The van der Waals surface area contributed by atoms with Gasteiger partial charge < -0.3 is 9.84 Å². The maximum atomic E-state index is 10.9. The van der Waals surface area contributed by atoms with Gasteiger partial charge in [-0.3, -0.25) is 10.1 Å². The van der Waals surface area contributed by atoms with Crippen LogP contribution in [-0.4, -0.2) is 32.9 Å². The van der Waals surface area contributed by atoms with Crippen molar-refractivity contribution in [2.45, 2.75) is 0 Å². The van der Waals surface area contributed by atoms with E-state index in [9.17, 15) is 14.9 Å². The maximum absolute atomic E-state index is 10.9. The summed E-state index contributed by atoms with van der Waals surface area (Å²) in [6.45, 7) is 0. The van der Waals surface area contributed by atoms with Crippen LogP contribution in [0.25, 0.3) is 5.69 Å². The highest BCUT2D eigenvalue weighted by atomic mass is 16.6. The fraction of sp³-hybridized carbons (Fsp3) is 0.0909. The van der Waals surface area contributed by atoms with Crippen LogP contribution < -0.4 is 4.74 Å². The van der Waals surface area contributed by atoms with Crippen molar-refractivity contribution in [1.82, 2.24) is 9.78 Å². The fourth-order valence-electron chi connectivity index (χ4n) is 1.54. The van der Waals surface area contributed by atoms with E-state index in [1.165, 1.54) is 36.3 Å². The number of nitrogens with zero attached hydrogens (tertiary/aromatic N) is 3. The molecule has 0 saturated heterocycles. The van der Waals surface area contributed by atoms with Gasteiger partial charge in [-0.1, -0.05) is 0 Å². The molecule has 19 heavy (non-hydrogen) atoms. The normalized spacial score (nSPS) is 10.2. The molecule has 0 fully saturated rings. The van der Waals surface area contributed by atoms with E-state index in [4.69, 9.17) is 9.84 Å². The number of aromatic carboxylic acids is 1. The van der Waals surface area contributed by atoms with E-state index in [2.05, 4.69) is 5.10 Å². The van der Waals surface area contributed by atoms with Crippen molar-refractivity contribution < 1.29 is 19.6 Å². The third kappa shape index (κ3) is 2.37. The van der Waals surface area contributed by atoms with Crippen LogP contribution in [-0.2, 0) is 0 Å². The number of methoxy groups -OCH3 is 1. The summed E-state index contributed by atoms with van der Waals surface area (Å²) in [4.78, 5) is 21.0.